The largest absolute Gasteiger partial charge is 0.486 e. The van der Waals surface area contributed by atoms with E-state index in [0.29, 0.717) is 39.2 Å². The van der Waals surface area contributed by atoms with Gasteiger partial charge in [-0.05, 0) is 70.1 Å². The molecule has 0 bridgehead atoms. The Kier molecular flexibility index (Phi) is 8.22. The van der Waals surface area contributed by atoms with Gasteiger partial charge in [0.25, 0.3) is 5.91 Å². The molecule has 0 unspecified atom stereocenters. The number of nitrogens with one attached hydrogen (secondary N) is 1. The van der Waals surface area contributed by atoms with Crippen LogP contribution in [-0.4, -0.2) is 17.1 Å². The number of carbonyl (C=O) groups is 1. The average molecular weight is 652 g/mol. The predicted octanol–water partition coefficient (Wildman–Crippen LogP) is 8.16. The number of ether oxygens (including phenoxy) is 1. The Hall–Kier alpha value is -3.46. The van der Waals surface area contributed by atoms with Crippen molar-refractivity contribution in [2.45, 2.75) is 6.61 Å². The Morgan fingerprint density at radius 1 is 0.921 bits per heavy atom. The highest BCUT2D eigenvalue weighted by Gasteiger charge is 2.14. The van der Waals surface area contributed by atoms with Gasteiger partial charge >= 0.3 is 0 Å². The van der Waals surface area contributed by atoms with E-state index in [1.807, 2.05) is 78.9 Å². The molecule has 0 fully saturated rings. The third kappa shape index (κ3) is 6.15. The fraction of sp³-hybridized carbons (Fsp3) is 0.0333. The van der Waals surface area contributed by atoms with Crippen LogP contribution in [-0.2, 0) is 6.61 Å². The summed E-state index contributed by atoms with van der Waals surface area (Å²) in [5.41, 5.74) is 7.05. The molecule has 0 aliphatic carbocycles. The first-order chi connectivity index (χ1) is 18.5. The zero-order chi connectivity index (χ0) is 26.5. The zero-order valence-corrected chi connectivity index (χ0v) is 23.5. The minimum Gasteiger partial charge on any atom is -0.486 e. The first-order valence-electron chi connectivity index (χ1n) is 11.6. The normalized spacial score (nSPS) is 11.1. The van der Waals surface area contributed by atoms with E-state index in [1.54, 1.807) is 18.2 Å². The highest BCUT2D eigenvalue weighted by Crippen LogP contribution is 2.34. The van der Waals surface area contributed by atoms with Gasteiger partial charge in [0.05, 0.1) is 33.0 Å². The smallest absolute Gasteiger partial charge is 0.272 e. The lowest BCUT2D eigenvalue weighted by atomic mass is 10.0. The number of rotatable bonds is 7. The Balaban J connectivity index is 1.32. The van der Waals surface area contributed by atoms with Crippen LogP contribution in [0.2, 0.25) is 10.0 Å². The van der Waals surface area contributed by atoms with Crippen LogP contribution in [0.3, 0.4) is 0 Å². The fourth-order valence-electron chi connectivity index (χ4n) is 3.87. The number of pyridine rings is 1. The maximum atomic E-state index is 13.1. The van der Waals surface area contributed by atoms with Crippen LogP contribution < -0.4 is 10.2 Å². The molecular formula is C30H20Cl2IN3O2. The molecule has 0 aliphatic heterocycles. The quantitative estimate of drug-likeness (QED) is 0.110. The number of fused-ring (bicyclic) bond motifs is 1. The molecule has 5 rings (SSSR count). The van der Waals surface area contributed by atoms with Crippen LogP contribution in [0.1, 0.15) is 21.5 Å². The number of amides is 1. The summed E-state index contributed by atoms with van der Waals surface area (Å²) in [4.78, 5) is 17.9. The molecule has 0 saturated carbocycles. The molecule has 1 N–H and O–H groups in total. The molecule has 0 atom stereocenters. The summed E-state index contributed by atoms with van der Waals surface area (Å²) in [6.07, 6.45) is 1.49. The van der Waals surface area contributed by atoms with E-state index in [9.17, 15) is 4.79 Å². The summed E-state index contributed by atoms with van der Waals surface area (Å²) in [5.74, 6) is 0.0384. The van der Waals surface area contributed by atoms with Crippen molar-refractivity contribution < 1.29 is 9.53 Å². The number of carbonyl (C=O) groups excluding carboxylic acids is 1. The average Bonchev–Trinajstić information content (AvgIpc) is 2.93. The number of nitrogens with zero attached hydrogens (tertiary/aromatic N) is 2. The second kappa shape index (κ2) is 11.9. The maximum Gasteiger partial charge on any atom is 0.272 e. The van der Waals surface area contributed by atoms with Crippen molar-refractivity contribution in [3.8, 4) is 17.0 Å². The van der Waals surface area contributed by atoms with Gasteiger partial charge in [-0.25, -0.2) is 10.4 Å². The van der Waals surface area contributed by atoms with Gasteiger partial charge in [-0.1, -0.05) is 83.9 Å². The molecule has 0 saturated heterocycles. The SMILES string of the molecule is O=C(N/N=C/c1cc(Cl)c(OCc2ccc(I)cc2)c(Cl)c1)c1cc(-c2ccccc2)nc2ccccc12. The van der Waals surface area contributed by atoms with Gasteiger partial charge in [-0.3, -0.25) is 4.79 Å². The summed E-state index contributed by atoms with van der Waals surface area (Å²) < 4.78 is 7.00. The molecule has 1 heterocycles. The fourth-order valence-corrected chi connectivity index (χ4v) is 4.85. The lowest BCUT2D eigenvalue weighted by molar-refractivity contribution is 0.0956. The van der Waals surface area contributed by atoms with Crippen molar-refractivity contribution in [2.75, 3.05) is 0 Å². The van der Waals surface area contributed by atoms with Crippen LogP contribution >= 0.6 is 45.8 Å². The first-order valence-corrected chi connectivity index (χ1v) is 13.5. The summed E-state index contributed by atoms with van der Waals surface area (Å²) in [6.45, 7) is 0.338. The topological polar surface area (TPSA) is 63.6 Å². The molecule has 188 valence electrons. The van der Waals surface area contributed by atoms with Gasteiger partial charge in [0.2, 0.25) is 0 Å². The van der Waals surface area contributed by atoms with E-state index >= 15 is 0 Å². The van der Waals surface area contributed by atoms with Crippen LogP contribution in [0.5, 0.6) is 5.75 Å². The van der Waals surface area contributed by atoms with E-state index in [2.05, 4.69) is 33.1 Å². The van der Waals surface area contributed by atoms with Crippen molar-refractivity contribution in [1.82, 2.24) is 10.4 Å². The number of halogens is 3. The molecule has 1 aromatic heterocycles. The van der Waals surface area contributed by atoms with Crippen molar-refractivity contribution in [1.29, 1.82) is 0 Å². The Morgan fingerprint density at radius 3 is 2.34 bits per heavy atom. The summed E-state index contributed by atoms with van der Waals surface area (Å²) in [5, 5.41) is 5.57. The molecule has 0 aliphatic rings. The van der Waals surface area contributed by atoms with Gasteiger partial charge < -0.3 is 4.74 Å². The molecule has 0 radical (unpaired) electrons. The standard InChI is InChI=1S/C30H20Cl2IN3O2/c31-25-14-20(15-26(32)29(25)38-18-19-10-12-22(33)13-11-19)17-34-36-30(37)24-16-28(21-6-2-1-3-7-21)35-27-9-5-4-8-23(24)27/h1-17H,18H2,(H,36,37)/b34-17+. The van der Waals surface area contributed by atoms with E-state index in [1.165, 1.54) is 6.21 Å². The van der Waals surface area contributed by atoms with E-state index < -0.39 is 0 Å². The molecule has 8 heteroatoms. The predicted molar refractivity (Wildman–Crippen MR) is 162 cm³/mol. The summed E-state index contributed by atoms with van der Waals surface area (Å²) >= 11 is 15.1. The Morgan fingerprint density at radius 2 is 1.61 bits per heavy atom. The van der Waals surface area contributed by atoms with Crippen molar-refractivity contribution in [2.24, 2.45) is 5.10 Å². The van der Waals surface area contributed by atoms with E-state index in [4.69, 9.17) is 32.9 Å². The third-order valence-corrected chi connectivity index (χ3v) is 7.01. The van der Waals surface area contributed by atoms with Gasteiger partial charge in [-0.15, -0.1) is 0 Å². The number of aromatic nitrogens is 1. The summed E-state index contributed by atoms with van der Waals surface area (Å²) in [7, 11) is 0. The minimum atomic E-state index is -0.355. The summed E-state index contributed by atoms with van der Waals surface area (Å²) in [6, 6.07) is 30.4. The zero-order valence-electron chi connectivity index (χ0n) is 19.9. The Bertz CT molecular complexity index is 1620. The van der Waals surface area contributed by atoms with Gasteiger partial charge in [0.15, 0.2) is 5.75 Å². The van der Waals surface area contributed by atoms with E-state index in [0.717, 1.165) is 25.6 Å². The lowest BCUT2D eigenvalue weighted by Gasteiger charge is -2.11. The van der Waals surface area contributed by atoms with Crippen molar-refractivity contribution in [3.05, 3.63) is 127 Å². The number of benzene rings is 4. The third-order valence-electron chi connectivity index (χ3n) is 5.73. The number of para-hydroxylation sites is 1. The first kappa shape index (κ1) is 26.2. The highest BCUT2D eigenvalue weighted by molar-refractivity contribution is 14.1. The number of hydrogen-bond donors (Lipinski definition) is 1. The second-order valence-corrected chi connectivity index (χ2v) is 10.4. The van der Waals surface area contributed by atoms with Crippen LogP contribution in [0.4, 0.5) is 0 Å². The monoisotopic (exact) mass is 651 g/mol. The number of hydrogen-bond acceptors (Lipinski definition) is 4. The van der Waals surface area contributed by atoms with Crippen molar-refractivity contribution in [3.63, 3.8) is 0 Å². The van der Waals surface area contributed by atoms with Gasteiger partial charge in [0.1, 0.15) is 6.61 Å². The maximum absolute atomic E-state index is 13.1. The molecule has 5 aromatic rings. The lowest BCUT2D eigenvalue weighted by Crippen LogP contribution is -2.18. The number of hydrazone groups is 1. The van der Waals surface area contributed by atoms with Crippen LogP contribution in [0.25, 0.3) is 22.2 Å². The van der Waals surface area contributed by atoms with Crippen LogP contribution in [0.15, 0.2) is 102 Å². The van der Waals surface area contributed by atoms with Crippen molar-refractivity contribution >= 4 is 68.8 Å². The molecule has 4 aromatic carbocycles. The second-order valence-electron chi connectivity index (χ2n) is 8.37. The van der Waals surface area contributed by atoms with Gasteiger partial charge in [-0.2, -0.15) is 5.10 Å². The van der Waals surface area contributed by atoms with Gasteiger partial charge in [0, 0.05) is 14.5 Å². The minimum absolute atomic E-state index is 0.338. The molecule has 1 amide bonds. The molecule has 38 heavy (non-hydrogen) atoms. The van der Waals surface area contributed by atoms with E-state index in [-0.39, 0.29) is 5.91 Å². The van der Waals surface area contributed by atoms with Crippen LogP contribution in [0, 0.1) is 3.57 Å². The molecule has 5 nitrogen and oxygen atoms in total. The Labute approximate surface area is 243 Å². The molecular weight excluding hydrogens is 632 g/mol. The molecule has 0 spiro atoms. The highest BCUT2D eigenvalue weighted by atomic mass is 127.